The molecule has 0 atom stereocenters. The predicted molar refractivity (Wildman–Crippen MR) is 75.3 cm³/mol. The summed E-state index contributed by atoms with van der Waals surface area (Å²) < 4.78 is 0. The smallest absolute Gasteiger partial charge is 0.253 e. The van der Waals surface area contributed by atoms with Crippen LogP contribution in [0.3, 0.4) is 0 Å². The van der Waals surface area contributed by atoms with Gasteiger partial charge in [-0.3, -0.25) is 4.79 Å². The highest BCUT2D eigenvalue weighted by Crippen LogP contribution is 2.28. The van der Waals surface area contributed by atoms with Crippen molar-refractivity contribution in [2.24, 2.45) is 0 Å². The minimum Gasteiger partial charge on any atom is -0.381 e. The van der Waals surface area contributed by atoms with E-state index in [4.69, 9.17) is 11.6 Å². The van der Waals surface area contributed by atoms with Gasteiger partial charge in [-0.15, -0.1) is 0 Å². The average Bonchev–Trinajstić information content (AvgIpc) is 2.84. The van der Waals surface area contributed by atoms with Gasteiger partial charge in [-0.25, -0.2) is 0 Å². The van der Waals surface area contributed by atoms with Gasteiger partial charge in [0, 0.05) is 25.7 Å². The third-order valence-corrected chi connectivity index (χ3v) is 3.66. The average molecular weight is 267 g/mol. The van der Waals surface area contributed by atoms with Crippen LogP contribution in [0.2, 0.25) is 5.02 Å². The molecule has 1 aliphatic rings. The Kier molecular flexibility index (Phi) is 4.12. The SMILES string of the molecule is CN(C)C(=O)c1ccc(Cl)c(NC2CCCC2)c1. The molecule has 0 bridgehead atoms. The summed E-state index contributed by atoms with van der Waals surface area (Å²) in [7, 11) is 3.50. The van der Waals surface area contributed by atoms with Crippen molar-refractivity contribution < 1.29 is 4.79 Å². The Bertz CT molecular complexity index is 439. The van der Waals surface area contributed by atoms with E-state index < -0.39 is 0 Å². The molecule has 1 N–H and O–H groups in total. The molecule has 1 amide bonds. The van der Waals surface area contributed by atoms with E-state index in [-0.39, 0.29) is 5.91 Å². The van der Waals surface area contributed by atoms with Crippen LogP contribution in [0.1, 0.15) is 36.0 Å². The molecule has 0 radical (unpaired) electrons. The zero-order valence-corrected chi connectivity index (χ0v) is 11.6. The molecule has 1 fully saturated rings. The number of amides is 1. The summed E-state index contributed by atoms with van der Waals surface area (Å²) in [5.41, 5.74) is 1.54. The van der Waals surface area contributed by atoms with Crippen LogP contribution in [0.25, 0.3) is 0 Å². The number of rotatable bonds is 3. The maximum absolute atomic E-state index is 11.9. The quantitative estimate of drug-likeness (QED) is 0.909. The molecule has 0 saturated heterocycles. The van der Waals surface area contributed by atoms with Gasteiger partial charge in [0.25, 0.3) is 5.91 Å². The first-order chi connectivity index (χ1) is 8.58. The van der Waals surface area contributed by atoms with Gasteiger partial charge >= 0.3 is 0 Å². The van der Waals surface area contributed by atoms with E-state index in [9.17, 15) is 4.79 Å². The summed E-state index contributed by atoms with van der Waals surface area (Å²) in [5, 5.41) is 4.12. The Morgan fingerprint density at radius 3 is 2.61 bits per heavy atom. The zero-order chi connectivity index (χ0) is 13.1. The standard InChI is InChI=1S/C14H19ClN2O/c1-17(2)14(18)10-7-8-12(15)13(9-10)16-11-5-3-4-6-11/h7-9,11,16H,3-6H2,1-2H3. The topological polar surface area (TPSA) is 32.3 Å². The maximum Gasteiger partial charge on any atom is 0.253 e. The molecule has 0 spiro atoms. The van der Waals surface area contributed by atoms with E-state index in [0.717, 1.165) is 5.69 Å². The predicted octanol–water partition coefficient (Wildman–Crippen LogP) is 3.40. The summed E-state index contributed by atoms with van der Waals surface area (Å²) in [4.78, 5) is 13.5. The summed E-state index contributed by atoms with van der Waals surface area (Å²) in [6.45, 7) is 0. The molecule has 2 rings (SSSR count). The summed E-state index contributed by atoms with van der Waals surface area (Å²) in [5.74, 6) is 0.00105. The van der Waals surface area contributed by atoms with E-state index in [1.807, 2.05) is 6.07 Å². The van der Waals surface area contributed by atoms with E-state index >= 15 is 0 Å². The molecule has 1 aromatic rings. The Hall–Kier alpha value is -1.22. The van der Waals surface area contributed by atoms with E-state index in [1.165, 1.54) is 25.7 Å². The van der Waals surface area contributed by atoms with Gasteiger partial charge in [0.05, 0.1) is 10.7 Å². The van der Waals surface area contributed by atoms with Crippen LogP contribution in [0, 0.1) is 0 Å². The lowest BCUT2D eigenvalue weighted by molar-refractivity contribution is 0.0827. The molecule has 0 aromatic heterocycles. The summed E-state index contributed by atoms with van der Waals surface area (Å²) in [6.07, 6.45) is 4.90. The van der Waals surface area contributed by atoms with Gasteiger partial charge in [-0.05, 0) is 31.0 Å². The van der Waals surface area contributed by atoms with Crippen LogP contribution in [0.15, 0.2) is 18.2 Å². The Labute approximate surface area is 113 Å². The van der Waals surface area contributed by atoms with E-state index in [2.05, 4.69) is 5.32 Å². The Balaban J connectivity index is 2.18. The van der Waals surface area contributed by atoms with Crippen molar-refractivity contribution in [1.29, 1.82) is 0 Å². The fourth-order valence-corrected chi connectivity index (χ4v) is 2.49. The lowest BCUT2D eigenvalue weighted by Crippen LogP contribution is -2.22. The van der Waals surface area contributed by atoms with Crippen molar-refractivity contribution in [2.45, 2.75) is 31.7 Å². The third kappa shape index (κ3) is 2.96. The maximum atomic E-state index is 11.9. The van der Waals surface area contributed by atoms with Crippen molar-refractivity contribution >= 4 is 23.2 Å². The van der Waals surface area contributed by atoms with Crippen LogP contribution < -0.4 is 5.32 Å². The first kappa shape index (κ1) is 13.2. The number of hydrogen-bond acceptors (Lipinski definition) is 2. The molecule has 4 heteroatoms. The van der Waals surface area contributed by atoms with Crippen molar-refractivity contribution in [1.82, 2.24) is 4.90 Å². The number of carbonyl (C=O) groups is 1. The Morgan fingerprint density at radius 2 is 2.00 bits per heavy atom. The third-order valence-electron chi connectivity index (χ3n) is 3.33. The molecule has 1 aliphatic carbocycles. The zero-order valence-electron chi connectivity index (χ0n) is 10.9. The lowest BCUT2D eigenvalue weighted by atomic mass is 10.1. The fourth-order valence-electron chi connectivity index (χ4n) is 2.32. The molecule has 0 aliphatic heterocycles. The highest BCUT2D eigenvalue weighted by atomic mass is 35.5. The second kappa shape index (κ2) is 5.61. The number of nitrogens with one attached hydrogen (secondary N) is 1. The number of carbonyl (C=O) groups excluding carboxylic acids is 1. The number of anilines is 1. The van der Waals surface area contributed by atoms with Crippen LogP contribution in [0.5, 0.6) is 0 Å². The van der Waals surface area contributed by atoms with Crippen molar-refractivity contribution in [2.75, 3.05) is 19.4 Å². The van der Waals surface area contributed by atoms with Crippen molar-refractivity contribution in [3.05, 3.63) is 28.8 Å². The summed E-state index contributed by atoms with van der Waals surface area (Å²) >= 11 is 6.17. The molecule has 18 heavy (non-hydrogen) atoms. The van der Waals surface area contributed by atoms with Gasteiger partial charge in [-0.1, -0.05) is 24.4 Å². The van der Waals surface area contributed by atoms with Crippen molar-refractivity contribution in [3.63, 3.8) is 0 Å². The van der Waals surface area contributed by atoms with Gasteiger partial charge in [-0.2, -0.15) is 0 Å². The largest absolute Gasteiger partial charge is 0.381 e. The first-order valence-electron chi connectivity index (χ1n) is 6.35. The minimum absolute atomic E-state index is 0.00105. The molecular formula is C14H19ClN2O. The lowest BCUT2D eigenvalue weighted by Gasteiger charge is -2.17. The van der Waals surface area contributed by atoms with Gasteiger partial charge in [0.2, 0.25) is 0 Å². The second-order valence-corrected chi connectivity index (χ2v) is 5.43. The van der Waals surface area contributed by atoms with Crippen LogP contribution in [-0.2, 0) is 0 Å². The molecular weight excluding hydrogens is 248 g/mol. The number of halogens is 1. The van der Waals surface area contributed by atoms with Crippen LogP contribution >= 0.6 is 11.6 Å². The molecule has 98 valence electrons. The Morgan fingerprint density at radius 1 is 1.33 bits per heavy atom. The van der Waals surface area contributed by atoms with Crippen molar-refractivity contribution in [3.8, 4) is 0 Å². The minimum atomic E-state index is 0.00105. The molecule has 0 heterocycles. The number of benzene rings is 1. The van der Waals surface area contributed by atoms with Gasteiger partial charge in [0.15, 0.2) is 0 Å². The monoisotopic (exact) mass is 266 g/mol. The first-order valence-corrected chi connectivity index (χ1v) is 6.73. The highest BCUT2D eigenvalue weighted by molar-refractivity contribution is 6.33. The molecule has 3 nitrogen and oxygen atoms in total. The number of nitrogens with zero attached hydrogens (tertiary/aromatic N) is 1. The molecule has 1 saturated carbocycles. The van der Waals surface area contributed by atoms with E-state index in [1.54, 1.807) is 31.1 Å². The molecule has 0 unspecified atom stereocenters. The van der Waals surface area contributed by atoms with Gasteiger partial charge < -0.3 is 10.2 Å². The second-order valence-electron chi connectivity index (χ2n) is 5.02. The van der Waals surface area contributed by atoms with Crippen LogP contribution in [-0.4, -0.2) is 30.9 Å². The van der Waals surface area contributed by atoms with Gasteiger partial charge in [0.1, 0.15) is 0 Å². The number of hydrogen-bond donors (Lipinski definition) is 1. The fraction of sp³-hybridized carbons (Fsp3) is 0.500. The highest BCUT2D eigenvalue weighted by Gasteiger charge is 2.17. The summed E-state index contributed by atoms with van der Waals surface area (Å²) in [6, 6.07) is 5.90. The van der Waals surface area contributed by atoms with E-state index in [0.29, 0.717) is 16.6 Å². The normalized spacial score (nSPS) is 15.7. The van der Waals surface area contributed by atoms with Crippen LogP contribution in [0.4, 0.5) is 5.69 Å². The molecule has 1 aromatic carbocycles.